The fourth-order valence-electron chi connectivity index (χ4n) is 0. The van der Waals surface area contributed by atoms with Gasteiger partial charge in [0.2, 0.25) is 5.72 Å². The van der Waals surface area contributed by atoms with Gasteiger partial charge < -0.3 is 5.11 Å². The van der Waals surface area contributed by atoms with Crippen LogP contribution in [0.1, 0.15) is 6.92 Å². The number of aliphatic hydroxyl groups is 1. The Bertz CT molecular complexity index is 69.5. The molecule has 8 heavy (non-hydrogen) atoms. The maximum atomic E-state index is 11.2. The highest BCUT2D eigenvalue weighted by molar-refractivity contribution is 4.72. The summed E-state index contributed by atoms with van der Waals surface area (Å²) in [5.41, 5.74) is 1.18. The zero-order valence-corrected chi connectivity index (χ0v) is 4.16. The summed E-state index contributed by atoms with van der Waals surface area (Å²) in [6, 6.07) is 0. The van der Waals surface area contributed by atoms with Gasteiger partial charge in [-0.05, 0) is 6.92 Å². The second-order valence-electron chi connectivity index (χ2n) is 1.65. The predicted octanol–water partition coefficient (Wildman–Crippen LogP) is 0.216. The van der Waals surface area contributed by atoms with Crippen LogP contribution in [0.5, 0.6) is 0 Å². The van der Waals surface area contributed by atoms with Gasteiger partial charge in [-0.15, -0.1) is 0 Å². The molecule has 0 aliphatic rings. The fraction of sp³-hybridized carbons (Fsp3) is 1.00. The zero-order valence-electron chi connectivity index (χ0n) is 4.16. The highest BCUT2D eigenvalue weighted by atomic mass is 19.4. The van der Waals surface area contributed by atoms with Gasteiger partial charge in [-0.3, -0.25) is 5.73 Å². The van der Waals surface area contributed by atoms with Crippen molar-refractivity contribution >= 4 is 0 Å². The lowest BCUT2D eigenvalue weighted by Crippen LogP contribution is -2.50. The largest absolute Gasteiger partial charge is 0.430 e. The molecule has 0 aliphatic heterocycles. The van der Waals surface area contributed by atoms with Gasteiger partial charge in [0, 0.05) is 0 Å². The van der Waals surface area contributed by atoms with E-state index in [4.69, 9.17) is 5.11 Å². The molecule has 0 saturated heterocycles. The van der Waals surface area contributed by atoms with Crippen molar-refractivity contribution in [1.82, 2.24) is 0 Å². The average molecular weight is 129 g/mol. The van der Waals surface area contributed by atoms with Gasteiger partial charge in [0.25, 0.3) is 0 Å². The summed E-state index contributed by atoms with van der Waals surface area (Å²) in [6.45, 7) is 0.479. The second kappa shape index (κ2) is 1.60. The van der Waals surface area contributed by atoms with Crippen LogP contribution in [0.4, 0.5) is 13.2 Å². The molecule has 0 saturated carbocycles. The molecule has 0 spiro atoms. The third-order valence-electron chi connectivity index (χ3n) is 0.574. The molecule has 0 radical (unpaired) electrons. The molecule has 0 aromatic carbocycles. The lowest BCUT2D eigenvalue weighted by Gasteiger charge is -2.19. The molecular weight excluding hydrogens is 123 g/mol. The van der Waals surface area contributed by atoms with Crippen LogP contribution in [-0.2, 0) is 0 Å². The SMILES string of the molecule is C[C@@](N)(O)C(F)(F)F. The average Bonchev–Trinajstić information content (AvgIpc) is 1.25. The molecule has 1 atom stereocenters. The number of alkyl halides is 3. The Balaban J connectivity index is 4.02. The maximum Gasteiger partial charge on any atom is 0.430 e. The summed E-state index contributed by atoms with van der Waals surface area (Å²) < 4.78 is 33.6. The molecule has 0 rings (SSSR count). The highest BCUT2D eigenvalue weighted by Crippen LogP contribution is 2.24. The van der Waals surface area contributed by atoms with E-state index in [-0.39, 0.29) is 0 Å². The third-order valence-corrected chi connectivity index (χ3v) is 0.574. The van der Waals surface area contributed by atoms with E-state index >= 15 is 0 Å². The van der Waals surface area contributed by atoms with E-state index in [1.807, 2.05) is 0 Å². The third kappa shape index (κ3) is 1.67. The van der Waals surface area contributed by atoms with E-state index in [2.05, 4.69) is 5.73 Å². The Hall–Kier alpha value is -0.290. The minimum absolute atomic E-state index is 0.479. The molecule has 3 N–H and O–H groups in total. The Morgan fingerprint density at radius 3 is 1.50 bits per heavy atom. The standard InChI is InChI=1S/C3H6F3NO/c1-2(7,8)3(4,5)6/h8H,7H2,1H3/t2-/m1/s1. The lowest BCUT2D eigenvalue weighted by atomic mass is 10.3. The van der Waals surface area contributed by atoms with Gasteiger partial charge in [0.15, 0.2) is 0 Å². The topological polar surface area (TPSA) is 46.2 Å². The smallest absolute Gasteiger partial charge is 0.368 e. The summed E-state index contributed by atoms with van der Waals surface area (Å²) in [4.78, 5) is 0. The zero-order chi connectivity index (χ0) is 7.00. The van der Waals surface area contributed by atoms with Crippen molar-refractivity contribution in [3.63, 3.8) is 0 Å². The molecule has 50 valence electrons. The van der Waals surface area contributed by atoms with E-state index in [1.165, 1.54) is 0 Å². The van der Waals surface area contributed by atoms with E-state index in [1.54, 1.807) is 0 Å². The van der Waals surface area contributed by atoms with Gasteiger partial charge >= 0.3 is 6.18 Å². The maximum absolute atomic E-state index is 11.2. The van der Waals surface area contributed by atoms with Crippen LogP contribution < -0.4 is 5.73 Å². The first kappa shape index (κ1) is 7.71. The number of nitrogens with two attached hydrogens (primary N) is 1. The molecule has 0 unspecified atom stereocenters. The minimum atomic E-state index is -4.73. The number of rotatable bonds is 0. The van der Waals surface area contributed by atoms with Crippen molar-refractivity contribution in [3.8, 4) is 0 Å². The number of hydrogen-bond donors (Lipinski definition) is 2. The summed E-state index contributed by atoms with van der Waals surface area (Å²) >= 11 is 0. The molecule has 5 heteroatoms. The van der Waals surface area contributed by atoms with Crippen LogP contribution >= 0.6 is 0 Å². The van der Waals surface area contributed by atoms with Gasteiger partial charge in [0.1, 0.15) is 0 Å². The first-order valence-electron chi connectivity index (χ1n) is 1.83. The van der Waals surface area contributed by atoms with E-state index in [0.717, 1.165) is 0 Å². The Morgan fingerprint density at radius 1 is 1.38 bits per heavy atom. The van der Waals surface area contributed by atoms with Crippen molar-refractivity contribution in [2.24, 2.45) is 5.73 Å². The summed E-state index contributed by atoms with van der Waals surface area (Å²) in [5.74, 6) is 0. The van der Waals surface area contributed by atoms with Crippen LogP contribution in [0.15, 0.2) is 0 Å². The van der Waals surface area contributed by atoms with Crippen molar-refractivity contribution in [1.29, 1.82) is 0 Å². The molecule has 0 aromatic heterocycles. The minimum Gasteiger partial charge on any atom is -0.368 e. The molecule has 0 fully saturated rings. The van der Waals surface area contributed by atoms with Gasteiger partial charge in [-0.1, -0.05) is 0 Å². The summed E-state index contributed by atoms with van der Waals surface area (Å²) in [7, 11) is 0. The molecule has 2 nitrogen and oxygen atoms in total. The van der Waals surface area contributed by atoms with Crippen LogP contribution in [0.3, 0.4) is 0 Å². The van der Waals surface area contributed by atoms with Gasteiger partial charge in [0.05, 0.1) is 0 Å². The van der Waals surface area contributed by atoms with Gasteiger partial charge in [-0.2, -0.15) is 13.2 Å². The lowest BCUT2D eigenvalue weighted by molar-refractivity contribution is -0.250. The monoisotopic (exact) mass is 129 g/mol. The molecule has 0 amide bonds. The van der Waals surface area contributed by atoms with Gasteiger partial charge in [-0.25, -0.2) is 0 Å². The molecule has 0 heterocycles. The van der Waals surface area contributed by atoms with E-state index in [0.29, 0.717) is 6.92 Å². The predicted molar refractivity (Wildman–Crippen MR) is 20.9 cm³/mol. The van der Waals surface area contributed by atoms with Crippen molar-refractivity contribution < 1.29 is 18.3 Å². The van der Waals surface area contributed by atoms with Crippen molar-refractivity contribution in [2.45, 2.75) is 18.8 Å². The van der Waals surface area contributed by atoms with E-state index in [9.17, 15) is 13.2 Å². The summed E-state index contributed by atoms with van der Waals surface area (Å²) in [5, 5.41) is 8.01. The number of hydrogen-bond acceptors (Lipinski definition) is 2. The quantitative estimate of drug-likeness (QED) is 0.459. The first-order valence-corrected chi connectivity index (χ1v) is 1.83. The first-order chi connectivity index (χ1) is 3.25. The Labute approximate surface area is 44.1 Å². The molecule has 0 aliphatic carbocycles. The molecule has 0 aromatic rings. The normalized spacial score (nSPS) is 20.2. The van der Waals surface area contributed by atoms with E-state index < -0.39 is 11.9 Å². The van der Waals surface area contributed by atoms with Crippen molar-refractivity contribution in [2.75, 3.05) is 0 Å². The van der Waals surface area contributed by atoms with Crippen LogP contribution in [0, 0.1) is 0 Å². The van der Waals surface area contributed by atoms with Crippen molar-refractivity contribution in [3.05, 3.63) is 0 Å². The Kier molecular flexibility index (Phi) is 1.54. The Morgan fingerprint density at radius 2 is 1.50 bits per heavy atom. The summed E-state index contributed by atoms with van der Waals surface area (Å²) in [6.07, 6.45) is -4.73. The highest BCUT2D eigenvalue weighted by Gasteiger charge is 2.46. The molecular formula is C3H6F3NO. The second-order valence-corrected chi connectivity index (χ2v) is 1.65. The van der Waals surface area contributed by atoms with Crippen LogP contribution in [0.2, 0.25) is 0 Å². The molecule has 0 bridgehead atoms. The number of halogens is 3. The fourth-order valence-corrected chi connectivity index (χ4v) is 0. The van der Waals surface area contributed by atoms with Crippen LogP contribution in [-0.4, -0.2) is 17.0 Å². The van der Waals surface area contributed by atoms with Crippen LogP contribution in [0.25, 0.3) is 0 Å².